The van der Waals surface area contributed by atoms with E-state index >= 15 is 0 Å². The topological polar surface area (TPSA) is 33.7 Å². The van der Waals surface area contributed by atoms with Crippen LogP contribution in [0.5, 0.6) is 11.5 Å². The number of benzene rings is 1. The number of nitrogens with zero attached hydrogens (tertiary/aromatic N) is 1. The summed E-state index contributed by atoms with van der Waals surface area (Å²) in [6.07, 6.45) is 0. The van der Waals surface area contributed by atoms with Gasteiger partial charge in [0.2, 0.25) is 0 Å². The zero-order chi connectivity index (χ0) is 12.3. The molecular weight excluding hydrogens is 216 g/mol. The summed E-state index contributed by atoms with van der Waals surface area (Å²) in [6.45, 7) is 6.06. The van der Waals surface area contributed by atoms with Crippen LogP contribution in [0.25, 0.3) is 0 Å². The number of piperazine rings is 1. The largest absolute Gasteiger partial charge is 0.496 e. The quantitative estimate of drug-likeness (QED) is 0.860. The fourth-order valence-corrected chi connectivity index (χ4v) is 2.19. The van der Waals surface area contributed by atoms with E-state index in [4.69, 9.17) is 9.47 Å². The maximum atomic E-state index is 5.46. The number of ether oxygens (including phenoxy) is 2. The third-order valence-corrected chi connectivity index (χ3v) is 3.15. The average Bonchev–Trinajstić information content (AvgIpc) is 2.39. The highest BCUT2D eigenvalue weighted by Gasteiger charge is 2.16. The smallest absolute Gasteiger partial charge is 0.142 e. The molecule has 0 bridgehead atoms. The summed E-state index contributed by atoms with van der Waals surface area (Å²) in [7, 11) is 3.42. The molecule has 0 saturated carbocycles. The van der Waals surface area contributed by atoms with Gasteiger partial charge in [-0.15, -0.1) is 0 Å². The van der Waals surface area contributed by atoms with Crippen LogP contribution < -0.4 is 19.7 Å². The summed E-state index contributed by atoms with van der Waals surface area (Å²) < 4.78 is 10.8. The molecule has 1 aromatic rings. The van der Waals surface area contributed by atoms with Crippen molar-refractivity contribution in [2.75, 3.05) is 45.3 Å². The van der Waals surface area contributed by atoms with Gasteiger partial charge in [0.15, 0.2) is 0 Å². The van der Waals surface area contributed by atoms with Crippen LogP contribution in [-0.2, 0) is 0 Å². The number of hydrogen-bond acceptors (Lipinski definition) is 4. The van der Waals surface area contributed by atoms with E-state index in [0.717, 1.165) is 48.9 Å². The molecule has 0 aliphatic carbocycles. The van der Waals surface area contributed by atoms with Crippen LogP contribution in [0.15, 0.2) is 12.1 Å². The predicted octanol–water partition coefficient (Wildman–Crippen LogP) is 1.42. The molecular formula is C13H20N2O2. The van der Waals surface area contributed by atoms with E-state index in [1.807, 2.05) is 13.0 Å². The van der Waals surface area contributed by atoms with E-state index in [9.17, 15) is 0 Å². The highest BCUT2D eigenvalue weighted by atomic mass is 16.5. The molecule has 1 fully saturated rings. The number of aryl methyl sites for hydroxylation is 1. The summed E-state index contributed by atoms with van der Waals surface area (Å²) in [5, 5.41) is 3.35. The van der Waals surface area contributed by atoms with Gasteiger partial charge in [-0.2, -0.15) is 0 Å². The van der Waals surface area contributed by atoms with Crippen LogP contribution in [0.4, 0.5) is 5.69 Å². The molecule has 1 heterocycles. The van der Waals surface area contributed by atoms with Gasteiger partial charge in [0, 0.05) is 32.2 Å². The molecule has 1 saturated heterocycles. The minimum Gasteiger partial charge on any atom is -0.496 e. The molecule has 0 unspecified atom stereocenters. The van der Waals surface area contributed by atoms with Gasteiger partial charge in [-0.1, -0.05) is 0 Å². The van der Waals surface area contributed by atoms with Gasteiger partial charge in [-0.3, -0.25) is 0 Å². The fourth-order valence-electron chi connectivity index (χ4n) is 2.19. The Kier molecular flexibility index (Phi) is 3.74. The van der Waals surface area contributed by atoms with Crippen molar-refractivity contribution in [3.63, 3.8) is 0 Å². The van der Waals surface area contributed by atoms with Gasteiger partial charge in [0.05, 0.1) is 19.9 Å². The van der Waals surface area contributed by atoms with Gasteiger partial charge in [0.1, 0.15) is 11.5 Å². The zero-order valence-electron chi connectivity index (χ0n) is 10.7. The Hall–Kier alpha value is -1.42. The average molecular weight is 236 g/mol. The molecule has 94 valence electrons. The molecule has 0 atom stereocenters. The van der Waals surface area contributed by atoms with Crippen molar-refractivity contribution in [2.45, 2.75) is 6.92 Å². The lowest BCUT2D eigenvalue weighted by Gasteiger charge is -2.31. The molecule has 0 aromatic heterocycles. The van der Waals surface area contributed by atoms with Gasteiger partial charge in [-0.25, -0.2) is 0 Å². The van der Waals surface area contributed by atoms with E-state index in [-0.39, 0.29) is 0 Å². The standard InChI is InChI=1S/C13H20N2O2/c1-10-8-13(17-3)11(9-12(10)16-2)15-6-4-14-5-7-15/h8-9,14H,4-7H2,1-3H3. The molecule has 4 heteroatoms. The second kappa shape index (κ2) is 5.27. The number of anilines is 1. The van der Waals surface area contributed by atoms with Crippen molar-refractivity contribution < 1.29 is 9.47 Å². The van der Waals surface area contributed by atoms with E-state index < -0.39 is 0 Å². The maximum Gasteiger partial charge on any atom is 0.142 e. The normalized spacial score (nSPS) is 15.8. The summed E-state index contributed by atoms with van der Waals surface area (Å²) >= 11 is 0. The molecule has 2 rings (SSSR count). The third kappa shape index (κ3) is 2.47. The molecule has 4 nitrogen and oxygen atoms in total. The minimum absolute atomic E-state index is 0.916. The first kappa shape index (κ1) is 12.0. The van der Waals surface area contributed by atoms with E-state index in [1.165, 1.54) is 0 Å². The van der Waals surface area contributed by atoms with Crippen LogP contribution in [0, 0.1) is 6.92 Å². The van der Waals surface area contributed by atoms with Crippen molar-refractivity contribution in [1.29, 1.82) is 0 Å². The monoisotopic (exact) mass is 236 g/mol. The van der Waals surface area contributed by atoms with Crippen molar-refractivity contribution in [3.05, 3.63) is 17.7 Å². The predicted molar refractivity (Wildman–Crippen MR) is 69.4 cm³/mol. The second-order valence-electron chi connectivity index (χ2n) is 4.23. The van der Waals surface area contributed by atoms with Crippen molar-refractivity contribution in [1.82, 2.24) is 5.32 Å². The van der Waals surface area contributed by atoms with Crippen molar-refractivity contribution in [2.24, 2.45) is 0 Å². The Morgan fingerprint density at radius 3 is 2.29 bits per heavy atom. The first-order valence-electron chi connectivity index (χ1n) is 5.94. The van der Waals surface area contributed by atoms with Crippen LogP contribution in [0.1, 0.15) is 5.56 Å². The molecule has 0 spiro atoms. The molecule has 1 aliphatic heterocycles. The fraction of sp³-hybridized carbons (Fsp3) is 0.538. The first-order chi connectivity index (χ1) is 8.26. The molecule has 1 N–H and O–H groups in total. The molecule has 0 radical (unpaired) electrons. The first-order valence-corrected chi connectivity index (χ1v) is 5.94. The summed E-state index contributed by atoms with van der Waals surface area (Å²) in [5.41, 5.74) is 2.22. The van der Waals surface area contributed by atoms with Crippen molar-refractivity contribution in [3.8, 4) is 11.5 Å². The summed E-state index contributed by atoms with van der Waals surface area (Å²) in [4.78, 5) is 2.33. The number of hydrogen-bond donors (Lipinski definition) is 1. The molecule has 0 amide bonds. The SMILES string of the molecule is COc1cc(N2CCNCC2)c(OC)cc1C. The van der Waals surface area contributed by atoms with Gasteiger partial charge in [0.25, 0.3) is 0 Å². The highest BCUT2D eigenvalue weighted by molar-refractivity contribution is 5.64. The van der Waals surface area contributed by atoms with Gasteiger partial charge >= 0.3 is 0 Å². The molecule has 17 heavy (non-hydrogen) atoms. The van der Waals surface area contributed by atoms with Crippen LogP contribution in [-0.4, -0.2) is 40.4 Å². The second-order valence-corrected chi connectivity index (χ2v) is 4.23. The lowest BCUT2D eigenvalue weighted by molar-refractivity contribution is 0.399. The number of rotatable bonds is 3. The molecule has 1 aromatic carbocycles. The summed E-state index contributed by atoms with van der Waals surface area (Å²) in [5.74, 6) is 1.84. The minimum atomic E-state index is 0.916. The van der Waals surface area contributed by atoms with Gasteiger partial charge < -0.3 is 19.7 Å². The maximum absolute atomic E-state index is 5.46. The number of nitrogens with one attached hydrogen (secondary N) is 1. The highest BCUT2D eigenvalue weighted by Crippen LogP contribution is 2.35. The molecule has 1 aliphatic rings. The van der Waals surface area contributed by atoms with E-state index in [1.54, 1.807) is 14.2 Å². The van der Waals surface area contributed by atoms with Gasteiger partial charge in [-0.05, 0) is 18.6 Å². The van der Waals surface area contributed by atoms with E-state index in [2.05, 4.69) is 16.3 Å². The Morgan fingerprint density at radius 1 is 1.06 bits per heavy atom. The lowest BCUT2D eigenvalue weighted by atomic mass is 10.1. The Labute approximate surface area is 103 Å². The number of methoxy groups -OCH3 is 2. The van der Waals surface area contributed by atoms with Crippen LogP contribution in [0.2, 0.25) is 0 Å². The van der Waals surface area contributed by atoms with Crippen molar-refractivity contribution >= 4 is 5.69 Å². The summed E-state index contributed by atoms with van der Waals surface area (Å²) in [6, 6.07) is 4.11. The van der Waals surface area contributed by atoms with E-state index in [0.29, 0.717) is 0 Å². The zero-order valence-corrected chi connectivity index (χ0v) is 10.7. The Morgan fingerprint density at radius 2 is 1.71 bits per heavy atom. The third-order valence-electron chi connectivity index (χ3n) is 3.15. The lowest BCUT2D eigenvalue weighted by Crippen LogP contribution is -2.43. The Balaban J connectivity index is 2.35. The van der Waals surface area contributed by atoms with Crippen LogP contribution >= 0.6 is 0 Å². The van der Waals surface area contributed by atoms with Crippen LogP contribution in [0.3, 0.4) is 0 Å². The Bertz CT molecular complexity index is 387.